The third-order valence-corrected chi connectivity index (χ3v) is 4.09. The quantitative estimate of drug-likeness (QED) is 0.702. The van der Waals surface area contributed by atoms with E-state index in [0.717, 1.165) is 25.2 Å². The van der Waals surface area contributed by atoms with Gasteiger partial charge in [0.1, 0.15) is 0 Å². The van der Waals surface area contributed by atoms with E-state index < -0.39 is 0 Å². The van der Waals surface area contributed by atoms with Gasteiger partial charge in [0.15, 0.2) is 5.65 Å². The zero-order chi connectivity index (χ0) is 16.4. The smallest absolute Gasteiger partial charge is 0.231 e. The van der Waals surface area contributed by atoms with Gasteiger partial charge < -0.3 is 14.4 Å². The van der Waals surface area contributed by atoms with E-state index >= 15 is 0 Å². The maximum absolute atomic E-state index is 5.84. The van der Waals surface area contributed by atoms with Crippen LogP contribution in [0.3, 0.4) is 0 Å². The molecule has 1 aliphatic rings. The van der Waals surface area contributed by atoms with E-state index in [1.165, 1.54) is 0 Å². The molecule has 1 aliphatic heterocycles. The number of aromatic nitrogens is 5. The highest BCUT2D eigenvalue weighted by atomic mass is 16.5. The highest BCUT2D eigenvalue weighted by Gasteiger charge is 2.25. The molecule has 8 heteroatoms. The van der Waals surface area contributed by atoms with Crippen molar-refractivity contribution in [1.29, 1.82) is 0 Å². The fourth-order valence-corrected chi connectivity index (χ4v) is 2.83. The van der Waals surface area contributed by atoms with Crippen LogP contribution in [0.15, 0.2) is 36.8 Å². The molecule has 4 rings (SSSR count). The summed E-state index contributed by atoms with van der Waals surface area (Å²) in [6.45, 7) is 2.39. The lowest BCUT2D eigenvalue weighted by Crippen LogP contribution is -2.24. The normalized spacial score (nSPS) is 17.4. The van der Waals surface area contributed by atoms with Gasteiger partial charge in [0.25, 0.3) is 0 Å². The van der Waals surface area contributed by atoms with Crippen molar-refractivity contribution < 1.29 is 9.47 Å². The second-order valence-electron chi connectivity index (χ2n) is 5.71. The van der Waals surface area contributed by atoms with Crippen LogP contribution in [0.2, 0.25) is 0 Å². The van der Waals surface area contributed by atoms with Crippen LogP contribution in [0.1, 0.15) is 6.42 Å². The predicted molar refractivity (Wildman–Crippen MR) is 87.4 cm³/mol. The number of fused-ring (bicyclic) bond motifs is 1. The van der Waals surface area contributed by atoms with Crippen LogP contribution in [-0.2, 0) is 0 Å². The lowest BCUT2D eigenvalue weighted by Gasteiger charge is -2.16. The Morgan fingerprint density at radius 1 is 1.17 bits per heavy atom. The number of hydrogen-bond acceptors (Lipinski definition) is 7. The predicted octanol–water partition coefficient (Wildman–Crippen LogP) is 1.43. The molecule has 0 spiro atoms. The van der Waals surface area contributed by atoms with Gasteiger partial charge >= 0.3 is 0 Å². The maximum atomic E-state index is 5.84. The van der Waals surface area contributed by atoms with E-state index in [4.69, 9.17) is 9.47 Å². The molecule has 124 valence electrons. The molecular formula is C16H18N6O2. The van der Waals surface area contributed by atoms with E-state index in [1.54, 1.807) is 36.3 Å². The Kier molecular flexibility index (Phi) is 3.86. The van der Waals surface area contributed by atoms with Crippen LogP contribution in [0.4, 0.5) is 5.95 Å². The van der Waals surface area contributed by atoms with Gasteiger partial charge in [-0.3, -0.25) is 0 Å². The standard InChI is InChI=1S/C16H18N6O2/c1-23-14-4-6-18-16(19-14)21-8-5-12(10-21)11-24-15-3-2-13-17-7-9-22(13)20-15/h2-4,6-7,9,12H,5,8,10-11H2,1H3. The first-order valence-electron chi connectivity index (χ1n) is 7.87. The van der Waals surface area contributed by atoms with Crippen molar-refractivity contribution in [3.05, 3.63) is 36.8 Å². The second-order valence-corrected chi connectivity index (χ2v) is 5.71. The molecule has 0 saturated carbocycles. The second kappa shape index (κ2) is 6.31. The van der Waals surface area contributed by atoms with Crippen LogP contribution >= 0.6 is 0 Å². The number of rotatable bonds is 5. The summed E-state index contributed by atoms with van der Waals surface area (Å²) in [5, 5.41) is 4.37. The average Bonchev–Trinajstić information content (AvgIpc) is 3.28. The van der Waals surface area contributed by atoms with E-state index in [0.29, 0.717) is 30.2 Å². The molecule has 0 bridgehead atoms. The highest BCUT2D eigenvalue weighted by molar-refractivity contribution is 5.37. The zero-order valence-electron chi connectivity index (χ0n) is 13.4. The Morgan fingerprint density at radius 3 is 3.04 bits per heavy atom. The van der Waals surface area contributed by atoms with Gasteiger partial charge in [-0.15, -0.1) is 5.10 Å². The molecule has 0 aromatic carbocycles. The largest absolute Gasteiger partial charge is 0.481 e. The monoisotopic (exact) mass is 326 g/mol. The molecule has 1 saturated heterocycles. The number of imidazole rings is 1. The van der Waals surface area contributed by atoms with Gasteiger partial charge in [0, 0.05) is 49.7 Å². The van der Waals surface area contributed by atoms with Crippen LogP contribution in [0.5, 0.6) is 11.8 Å². The van der Waals surface area contributed by atoms with Crippen LogP contribution < -0.4 is 14.4 Å². The first-order valence-corrected chi connectivity index (χ1v) is 7.87. The molecule has 0 aliphatic carbocycles. The van der Waals surface area contributed by atoms with Crippen molar-refractivity contribution in [2.24, 2.45) is 5.92 Å². The Hall–Kier alpha value is -2.90. The van der Waals surface area contributed by atoms with E-state index in [9.17, 15) is 0 Å². The van der Waals surface area contributed by atoms with Gasteiger partial charge in [0.05, 0.1) is 13.7 Å². The van der Waals surface area contributed by atoms with Gasteiger partial charge in [-0.1, -0.05) is 0 Å². The molecule has 1 unspecified atom stereocenters. The van der Waals surface area contributed by atoms with Crippen molar-refractivity contribution in [3.8, 4) is 11.8 Å². The van der Waals surface area contributed by atoms with E-state index in [1.807, 2.05) is 12.1 Å². The maximum Gasteiger partial charge on any atom is 0.231 e. The minimum absolute atomic E-state index is 0.417. The SMILES string of the molecule is COc1ccnc(N2CCC(COc3ccc4nccn4n3)C2)n1. The van der Waals surface area contributed by atoms with E-state index in [2.05, 4.69) is 25.0 Å². The third-order valence-electron chi connectivity index (χ3n) is 4.09. The number of methoxy groups -OCH3 is 1. The minimum Gasteiger partial charge on any atom is -0.481 e. The molecule has 0 amide bonds. The molecule has 24 heavy (non-hydrogen) atoms. The molecular weight excluding hydrogens is 308 g/mol. The summed E-state index contributed by atoms with van der Waals surface area (Å²) in [6, 6.07) is 5.49. The first-order chi connectivity index (χ1) is 11.8. The van der Waals surface area contributed by atoms with Crippen molar-refractivity contribution in [2.75, 3.05) is 31.7 Å². The van der Waals surface area contributed by atoms with Crippen molar-refractivity contribution in [1.82, 2.24) is 24.6 Å². The van der Waals surface area contributed by atoms with Gasteiger partial charge in [0.2, 0.25) is 17.7 Å². The summed E-state index contributed by atoms with van der Waals surface area (Å²) in [6.07, 6.45) is 6.28. The molecule has 1 fully saturated rings. The number of hydrogen-bond donors (Lipinski definition) is 0. The molecule has 3 aromatic heterocycles. The Balaban J connectivity index is 1.36. The third kappa shape index (κ3) is 2.94. The first kappa shape index (κ1) is 14.7. The molecule has 0 N–H and O–H groups in total. The van der Waals surface area contributed by atoms with Gasteiger partial charge in [-0.2, -0.15) is 4.98 Å². The summed E-state index contributed by atoms with van der Waals surface area (Å²) in [5.74, 6) is 2.31. The number of nitrogens with zero attached hydrogens (tertiary/aromatic N) is 6. The molecule has 0 radical (unpaired) electrons. The van der Waals surface area contributed by atoms with Crippen molar-refractivity contribution in [2.45, 2.75) is 6.42 Å². The molecule has 3 aromatic rings. The molecule has 8 nitrogen and oxygen atoms in total. The average molecular weight is 326 g/mol. The van der Waals surface area contributed by atoms with E-state index in [-0.39, 0.29) is 0 Å². The van der Waals surface area contributed by atoms with Gasteiger partial charge in [-0.05, 0) is 12.5 Å². The molecule has 1 atom stereocenters. The summed E-state index contributed by atoms with van der Waals surface area (Å²) in [5.41, 5.74) is 0.810. The molecule has 4 heterocycles. The minimum atomic E-state index is 0.417. The lowest BCUT2D eigenvalue weighted by atomic mass is 10.1. The fourth-order valence-electron chi connectivity index (χ4n) is 2.83. The zero-order valence-corrected chi connectivity index (χ0v) is 13.4. The highest BCUT2D eigenvalue weighted by Crippen LogP contribution is 2.22. The van der Waals surface area contributed by atoms with Gasteiger partial charge in [-0.25, -0.2) is 14.5 Å². The van der Waals surface area contributed by atoms with Crippen LogP contribution in [0.25, 0.3) is 5.65 Å². The summed E-state index contributed by atoms with van der Waals surface area (Å²) in [4.78, 5) is 15.0. The summed E-state index contributed by atoms with van der Waals surface area (Å²) >= 11 is 0. The lowest BCUT2D eigenvalue weighted by molar-refractivity contribution is 0.248. The Morgan fingerprint density at radius 2 is 2.12 bits per heavy atom. The number of ether oxygens (including phenoxy) is 2. The Bertz CT molecular complexity index is 836. The topological polar surface area (TPSA) is 77.7 Å². The van der Waals surface area contributed by atoms with Crippen LogP contribution in [0, 0.1) is 5.92 Å². The Labute approximate surface area is 139 Å². The van der Waals surface area contributed by atoms with Crippen LogP contribution in [-0.4, -0.2) is 51.4 Å². The van der Waals surface area contributed by atoms with Crippen molar-refractivity contribution in [3.63, 3.8) is 0 Å². The summed E-state index contributed by atoms with van der Waals surface area (Å²) in [7, 11) is 1.61. The fraction of sp³-hybridized carbons (Fsp3) is 0.375. The summed E-state index contributed by atoms with van der Waals surface area (Å²) < 4.78 is 12.7. The number of anilines is 1. The van der Waals surface area contributed by atoms with Crippen molar-refractivity contribution >= 4 is 11.6 Å².